The van der Waals surface area contributed by atoms with Gasteiger partial charge in [0.2, 0.25) is 11.8 Å². The Morgan fingerprint density at radius 1 is 1.11 bits per heavy atom. The van der Waals surface area contributed by atoms with Gasteiger partial charge in [0.15, 0.2) is 0 Å². The van der Waals surface area contributed by atoms with Crippen LogP contribution < -0.4 is 20.1 Å². The summed E-state index contributed by atoms with van der Waals surface area (Å²) >= 11 is 0. The van der Waals surface area contributed by atoms with E-state index in [2.05, 4.69) is 24.5 Å². The third-order valence-corrected chi connectivity index (χ3v) is 7.41. The summed E-state index contributed by atoms with van der Waals surface area (Å²) in [6, 6.07) is 3.84. The summed E-state index contributed by atoms with van der Waals surface area (Å²) in [6.07, 6.45) is 2.73. The van der Waals surface area contributed by atoms with Gasteiger partial charge in [-0.25, -0.2) is 0 Å². The van der Waals surface area contributed by atoms with Gasteiger partial charge in [-0.05, 0) is 76.5 Å². The summed E-state index contributed by atoms with van der Waals surface area (Å²) in [5.41, 5.74) is 1.21. The van der Waals surface area contributed by atoms with Gasteiger partial charge in [0.1, 0.15) is 11.5 Å². The molecule has 1 aliphatic heterocycles. The highest BCUT2D eigenvalue weighted by molar-refractivity contribution is 6.48. The van der Waals surface area contributed by atoms with Gasteiger partial charge in [0.25, 0.3) is 0 Å². The second kappa shape index (κ2) is 10.8. The lowest BCUT2D eigenvalue weighted by Gasteiger charge is -2.32. The van der Waals surface area contributed by atoms with Crippen LogP contribution in [0.5, 0.6) is 11.5 Å². The average molecular weight is 488 g/mol. The van der Waals surface area contributed by atoms with E-state index >= 15 is 0 Å². The zero-order chi connectivity index (χ0) is 26.0. The maximum absolute atomic E-state index is 12.9. The molecule has 0 aromatic heterocycles. The lowest BCUT2D eigenvalue weighted by atomic mass is 9.74. The Hall–Kier alpha value is -2.26. The van der Waals surface area contributed by atoms with Crippen LogP contribution in [0, 0.1) is 11.8 Å². The van der Waals surface area contributed by atoms with Gasteiger partial charge in [-0.2, -0.15) is 0 Å². The van der Waals surface area contributed by atoms with E-state index in [0.29, 0.717) is 30.9 Å². The number of carbonyl (C=O) groups excluding carboxylic acids is 2. The molecule has 0 spiro atoms. The van der Waals surface area contributed by atoms with Crippen LogP contribution in [0.4, 0.5) is 0 Å². The quantitative estimate of drug-likeness (QED) is 0.519. The summed E-state index contributed by atoms with van der Waals surface area (Å²) in [7, 11) is 2.72. The number of nitrogens with one attached hydrogen (secondary N) is 2. The SMILES string of the molecule is COc1cc2c(c(OC)c1)CCC(C(=O)NCC(=O)NC(CC(C)C)B1OC(C)(C)C(C)(C)O1)C2. The first-order valence-electron chi connectivity index (χ1n) is 12.5. The second-order valence-electron chi connectivity index (χ2n) is 11.1. The number of carbonyl (C=O) groups is 2. The van der Waals surface area contributed by atoms with E-state index in [1.54, 1.807) is 14.2 Å². The number of methoxy groups -OCH3 is 2. The first-order valence-corrected chi connectivity index (χ1v) is 12.5. The molecule has 2 N–H and O–H groups in total. The summed E-state index contributed by atoms with van der Waals surface area (Å²) < 4.78 is 23.2. The molecule has 9 heteroatoms. The number of rotatable bonds is 9. The fourth-order valence-corrected chi connectivity index (χ4v) is 4.72. The van der Waals surface area contributed by atoms with Crippen molar-refractivity contribution in [3.8, 4) is 11.5 Å². The third kappa shape index (κ3) is 6.30. The predicted molar refractivity (Wildman–Crippen MR) is 136 cm³/mol. The van der Waals surface area contributed by atoms with Gasteiger partial charge >= 0.3 is 7.12 Å². The van der Waals surface area contributed by atoms with Gasteiger partial charge < -0.3 is 29.4 Å². The molecule has 3 rings (SSSR count). The minimum Gasteiger partial charge on any atom is -0.497 e. The number of fused-ring (bicyclic) bond motifs is 1. The first-order chi connectivity index (χ1) is 16.4. The summed E-state index contributed by atoms with van der Waals surface area (Å²) in [5.74, 6) is 0.951. The van der Waals surface area contributed by atoms with Crippen LogP contribution in [-0.4, -0.2) is 56.8 Å². The van der Waals surface area contributed by atoms with Crippen molar-refractivity contribution in [3.63, 3.8) is 0 Å². The number of benzene rings is 1. The minimum absolute atomic E-state index is 0.0856. The Bertz CT molecular complexity index is 917. The lowest BCUT2D eigenvalue weighted by molar-refractivity contribution is -0.129. The van der Waals surface area contributed by atoms with Crippen molar-refractivity contribution in [2.75, 3.05) is 20.8 Å². The molecule has 2 aliphatic rings. The largest absolute Gasteiger partial charge is 0.497 e. The van der Waals surface area contributed by atoms with E-state index in [0.717, 1.165) is 23.3 Å². The van der Waals surface area contributed by atoms with E-state index in [-0.39, 0.29) is 30.2 Å². The fraction of sp³-hybridized carbons (Fsp3) is 0.692. The molecule has 2 unspecified atom stereocenters. The topological polar surface area (TPSA) is 95.1 Å². The number of amides is 2. The molecule has 194 valence electrons. The number of hydrogen-bond acceptors (Lipinski definition) is 6. The Morgan fingerprint density at radius 2 is 1.77 bits per heavy atom. The van der Waals surface area contributed by atoms with Crippen LogP contribution in [0.2, 0.25) is 0 Å². The molecular weight excluding hydrogens is 447 g/mol. The second-order valence-corrected chi connectivity index (χ2v) is 11.1. The van der Waals surface area contributed by atoms with Crippen molar-refractivity contribution < 1.29 is 28.4 Å². The highest BCUT2D eigenvalue weighted by Gasteiger charge is 2.54. The molecule has 1 aliphatic carbocycles. The van der Waals surface area contributed by atoms with Gasteiger partial charge in [-0.3, -0.25) is 9.59 Å². The zero-order valence-corrected chi connectivity index (χ0v) is 22.4. The minimum atomic E-state index is -0.540. The van der Waals surface area contributed by atoms with Crippen LogP contribution in [0.15, 0.2) is 12.1 Å². The zero-order valence-electron chi connectivity index (χ0n) is 22.4. The first kappa shape index (κ1) is 27.3. The smallest absolute Gasteiger partial charge is 0.481 e. The van der Waals surface area contributed by atoms with Crippen LogP contribution in [-0.2, 0) is 31.7 Å². The fourth-order valence-electron chi connectivity index (χ4n) is 4.72. The molecule has 0 bridgehead atoms. The standard InChI is InChI=1S/C26H41BN2O6/c1-16(2)11-22(27-34-25(3,4)26(5,6)35-27)29-23(30)15-28-24(31)17-9-10-20-18(12-17)13-19(32-7)14-21(20)33-8/h13-14,16-17,22H,9-12,15H2,1-8H3,(H,28,31)(H,29,30). The molecule has 2 atom stereocenters. The van der Waals surface area contributed by atoms with E-state index in [1.807, 2.05) is 39.8 Å². The van der Waals surface area contributed by atoms with Crippen molar-refractivity contribution in [3.05, 3.63) is 23.3 Å². The molecular formula is C26H41BN2O6. The molecule has 1 fully saturated rings. The van der Waals surface area contributed by atoms with Crippen molar-refractivity contribution in [1.82, 2.24) is 10.6 Å². The summed E-state index contributed by atoms with van der Waals surface area (Å²) in [4.78, 5) is 25.7. The van der Waals surface area contributed by atoms with Gasteiger partial charge in [-0.1, -0.05) is 13.8 Å². The summed E-state index contributed by atoms with van der Waals surface area (Å²) in [6.45, 7) is 12.1. The molecule has 1 aromatic rings. The molecule has 0 radical (unpaired) electrons. The Balaban J connectivity index is 1.58. The number of hydrogen-bond donors (Lipinski definition) is 2. The van der Waals surface area contributed by atoms with Crippen molar-refractivity contribution in [2.45, 2.75) is 84.4 Å². The lowest BCUT2D eigenvalue weighted by Crippen LogP contribution is -2.51. The normalized spacial score (nSPS) is 21.3. The molecule has 1 aromatic carbocycles. The van der Waals surface area contributed by atoms with E-state index in [1.165, 1.54) is 0 Å². The van der Waals surface area contributed by atoms with Crippen LogP contribution in [0.1, 0.15) is 65.5 Å². The number of ether oxygens (including phenoxy) is 2. The van der Waals surface area contributed by atoms with Gasteiger partial charge in [0.05, 0.1) is 37.9 Å². The van der Waals surface area contributed by atoms with E-state index < -0.39 is 18.3 Å². The van der Waals surface area contributed by atoms with Crippen molar-refractivity contribution >= 4 is 18.9 Å². The molecule has 8 nitrogen and oxygen atoms in total. The van der Waals surface area contributed by atoms with E-state index in [9.17, 15) is 9.59 Å². The predicted octanol–water partition coefficient (Wildman–Crippen LogP) is 3.09. The molecule has 35 heavy (non-hydrogen) atoms. The molecule has 2 amide bonds. The van der Waals surface area contributed by atoms with Gasteiger partial charge in [-0.15, -0.1) is 0 Å². The highest BCUT2D eigenvalue weighted by Crippen LogP contribution is 2.38. The molecule has 0 saturated carbocycles. The van der Waals surface area contributed by atoms with Crippen LogP contribution >= 0.6 is 0 Å². The van der Waals surface area contributed by atoms with E-state index in [4.69, 9.17) is 18.8 Å². The van der Waals surface area contributed by atoms with Crippen LogP contribution in [0.3, 0.4) is 0 Å². The van der Waals surface area contributed by atoms with Gasteiger partial charge in [0, 0.05) is 12.0 Å². The maximum Gasteiger partial charge on any atom is 0.481 e. The Labute approximate surface area is 209 Å². The maximum atomic E-state index is 12.9. The Kier molecular flexibility index (Phi) is 8.42. The Morgan fingerprint density at radius 3 is 2.34 bits per heavy atom. The average Bonchev–Trinajstić information content (AvgIpc) is 3.02. The monoisotopic (exact) mass is 488 g/mol. The van der Waals surface area contributed by atoms with Crippen molar-refractivity contribution in [2.24, 2.45) is 11.8 Å². The molecule has 1 heterocycles. The van der Waals surface area contributed by atoms with Crippen molar-refractivity contribution in [1.29, 1.82) is 0 Å². The van der Waals surface area contributed by atoms with Crippen LogP contribution in [0.25, 0.3) is 0 Å². The summed E-state index contributed by atoms with van der Waals surface area (Å²) in [5, 5.41) is 5.86. The highest BCUT2D eigenvalue weighted by atomic mass is 16.7. The molecule has 1 saturated heterocycles. The third-order valence-electron chi connectivity index (χ3n) is 7.41.